The molecular weight excluding hydrogens is 338 g/mol. The summed E-state index contributed by atoms with van der Waals surface area (Å²) in [5.74, 6) is 0.710. The van der Waals surface area contributed by atoms with Crippen LogP contribution in [0.1, 0.15) is 5.56 Å². The van der Waals surface area contributed by atoms with Gasteiger partial charge in [0.05, 0.1) is 30.9 Å². The van der Waals surface area contributed by atoms with Crippen molar-refractivity contribution in [3.05, 3.63) is 64.3 Å². The van der Waals surface area contributed by atoms with Gasteiger partial charge in [0, 0.05) is 5.39 Å². The summed E-state index contributed by atoms with van der Waals surface area (Å²) in [7, 11) is 3.87. The minimum absolute atomic E-state index is 0.111. The molecule has 1 aliphatic rings. The van der Waals surface area contributed by atoms with Gasteiger partial charge in [-0.3, -0.25) is 4.79 Å². The number of ether oxygens (including phenoxy) is 1. The highest BCUT2D eigenvalue weighted by atomic mass is 16.5. The molecule has 1 aliphatic heterocycles. The number of hydrogen-bond donors (Lipinski definition) is 3. The maximum absolute atomic E-state index is 13.4. The average Bonchev–Trinajstić information content (AvgIpc) is 2.72. The summed E-state index contributed by atoms with van der Waals surface area (Å²) in [4.78, 5) is 20.0. The maximum Gasteiger partial charge on any atom is 0.199 e. The number of methoxy groups -OCH3 is 1. The van der Waals surface area contributed by atoms with Gasteiger partial charge in [0.2, 0.25) is 0 Å². The molecule has 1 aromatic heterocycles. The average molecular weight is 365 g/mol. The zero-order chi connectivity index (χ0) is 18.8. The molecule has 140 valence electrons. The summed E-state index contributed by atoms with van der Waals surface area (Å²) in [5, 5.41) is 0.697. The zero-order valence-electron chi connectivity index (χ0n) is 16.0. The van der Waals surface area contributed by atoms with E-state index in [1.165, 1.54) is 4.90 Å². The first-order chi connectivity index (χ1) is 13.2. The first-order valence-electron chi connectivity index (χ1n) is 9.59. The van der Waals surface area contributed by atoms with Crippen molar-refractivity contribution in [2.45, 2.75) is 6.54 Å². The Balaban J connectivity index is 1.84. The Morgan fingerprint density at radius 3 is 2.48 bits per heavy atom. The van der Waals surface area contributed by atoms with Crippen LogP contribution in [0.25, 0.3) is 22.2 Å². The third-order valence-electron chi connectivity index (χ3n) is 5.61. The fraction of sp³-hybridized carbons (Fsp3) is 0.318. The van der Waals surface area contributed by atoms with Gasteiger partial charge in [-0.15, -0.1) is 0 Å². The summed E-state index contributed by atoms with van der Waals surface area (Å²) < 4.78 is 5.33. The van der Waals surface area contributed by atoms with Crippen LogP contribution in [-0.4, -0.2) is 45.3 Å². The standard InChI is InChI=1S/C22H25N3O2/c1-24-10-12-25(13-11-24)15-19-21(16-6-4-3-5-7-16)23-20-9-8-17(27-2)14-18(20)22(19)26/h3-9,14H,10-13,15H2,1-2H3,(H,23,26)/p+2. The van der Waals surface area contributed by atoms with Crippen LogP contribution in [0.15, 0.2) is 53.3 Å². The molecule has 3 aromatic rings. The number of pyridine rings is 1. The molecule has 3 N–H and O–H groups in total. The third kappa shape index (κ3) is 3.61. The van der Waals surface area contributed by atoms with Gasteiger partial charge in [0.15, 0.2) is 5.43 Å². The van der Waals surface area contributed by atoms with Crippen LogP contribution in [-0.2, 0) is 6.54 Å². The number of aromatic nitrogens is 1. The summed E-state index contributed by atoms with van der Waals surface area (Å²) in [6, 6.07) is 15.8. The van der Waals surface area contributed by atoms with Gasteiger partial charge >= 0.3 is 0 Å². The normalized spacial score (nSPS) is 19.9. The first kappa shape index (κ1) is 17.8. The number of rotatable bonds is 4. The molecule has 0 atom stereocenters. The molecule has 0 spiro atoms. The highest BCUT2D eigenvalue weighted by Crippen LogP contribution is 2.24. The zero-order valence-corrected chi connectivity index (χ0v) is 16.0. The third-order valence-corrected chi connectivity index (χ3v) is 5.61. The van der Waals surface area contributed by atoms with Crippen molar-refractivity contribution < 1.29 is 14.5 Å². The Hall–Kier alpha value is -2.63. The molecule has 27 heavy (non-hydrogen) atoms. The Morgan fingerprint density at radius 2 is 1.78 bits per heavy atom. The molecule has 4 rings (SSSR count). The van der Waals surface area contributed by atoms with Crippen LogP contribution in [0, 0.1) is 0 Å². The van der Waals surface area contributed by atoms with E-state index in [-0.39, 0.29) is 5.43 Å². The molecular formula is C22H27N3O2+2. The van der Waals surface area contributed by atoms with Crippen LogP contribution in [0.4, 0.5) is 0 Å². The quantitative estimate of drug-likeness (QED) is 0.615. The Kier molecular flexibility index (Phi) is 4.97. The highest BCUT2D eigenvalue weighted by molar-refractivity contribution is 5.84. The number of fused-ring (bicyclic) bond motifs is 1. The summed E-state index contributed by atoms with van der Waals surface area (Å²) in [6.07, 6.45) is 0. The molecule has 5 nitrogen and oxygen atoms in total. The van der Waals surface area contributed by atoms with E-state index in [1.54, 1.807) is 12.0 Å². The summed E-state index contributed by atoms with van der Waals surface area (Å²) in [5.41, 5.74) is 3.83. The highest BCUT2D eigenvalue weighted by Gasteiger charge is 2.24. The summed E-state index contributed by atoms with van der Waals surface area (Å²) in [6.45, 7) is 5.23. The lowest BCUT2D eigenvalue weighted by molar-refractivity contribution is -1.01. The van der Waals surface area contributed by atoms with Gasteiger partial charge in [-0.05, 0) is 23.8 Å². The molecule has 0 saturated carbocycles. The van der Waals surface area contributed by atoms with E-state index in [1.807, 2.05) is 36.4 Å². The van der Waals surface area contributed by atoms with Crippen LogP contribution in [0.5, 0.6) is 5.75 Å². The molecule has 0 unspecified atom stereocenters. The van der Waals surface area contributed by atoms with E-state index in [0.29, 0.717) is 11.1 Å². The van der Waals surface area contributed by atoms with Gasteiger partial charge in [-0.2, -0.15) is 0 Å². The van der Waals surface area contributed by atoms with Crippen molar-refractivity contribution in [1.82, 2.24) is 4.98 Å². The van der Waals surface area contributed by atoms with Crippen molar-refractivity contribution in [2.24, 2.45) is 0 Å². The van der Waals surface area contributed by atoms with Gasteiger partial charge in [-0.1, -0.05) is 30.3 Å². The number of piperazine rings is 1. The molecule has 5 heteroatoms. The van der Waals surface area contributed by atoms with E-state index in [4.69, 9.17) is 4.74 Å². The molecule has 0 radical (unpaired) electrons. The number of benzene rings is 2. The van der Waals surface area contributed by atoms with Crippen molar-refractivity contribution >= 4 is 10.9 Å². The van der Waals surface area contributed by atoms with Crippen LogP contribution >= 0.6 is 0 Å². The molecule has 2 heterocycles. The monoisotopic (exact) mass is 365 g/mol. The second-order valence-electron chi connectivity index (χ2n) is 7.47. The van der Waals surface area contributed by atoms with Gasteiger partial charge in [-0.25, -0.2) is 0 Å². The van der Waals surface area contributed by atoms with E-state index in [9.17, 15) is 4.79 Å². The lowest BCUT2D eigenvalue weighted by atomic mass is 10.0. The fourth-order valence-electron chi connectivity index (χ4n) is 3.91. The van der Waals surface area contributed by atoms with Crippen molar-refractivity contribution in [1.29, 1.82) is 0 Å². The van der Waals surface area contributed by atoms with Gasteiger partial charge < -0.3 is 19.5 Å². The largest absolute Gasteiger partial charge is 0.497 e. The van der Waals surface area contributed by atoms with Crippen molar-refractivity contribution in [3.63, 3.8) is 0 Å². The van der Waals surface area contributed by atoms with E-state index in [0.717, 1.165) is 55.1 Å². The van der Waals surface area contributed by atoms with E-state index < -0.39 is 0 Å². The second-order valence-corrected chi connectivity index (χ2v) is 7.47. The Labute approximate surface area is 159 Å². The maximum atomic E-state index is 13.4. The van der Waals surface area contributed by atoms with Gasteiger partial charge in [0.1, 0.15) is 38.5 Å². The van der Waals surface area contributed by atoms with Crippen LogP contribution in [0.3, 0.4) is 0 Å². The van der Waals surface area contributed by atoms with Crippen LogP contribution in [0.2, 0.25) is 0 Å². The van der Waals surface area contributed by atoms with E-state index in [2.05, 4.69) is 24.2 Å². The molecule has 1 saturated heterocycles. The van der Waals surface area contributed by atoms with Crippen molar-refractivity contribution in [3.8, 4) is 17.0 Å². The number of H-pyrrole nitrogens is 1. The van der Waals surface area contributed by atoms with E-state index >= 15 is 0 Å². The second kappa shape index (κ2) is 7.55. The predicted octanol–water partition coefficient (Wildman–Crippen LogP) is 0.117. The smallest absolute Gasteiger partial charge is 0.199 e. The molecule has 0 aliphatic carbocycles. The fourth-order valence-corrected chi connectivity index (χ4v) is 3.91. The molecule has 0 amide bonds. The predicted molar refractivity (Wildman–Crippen MR) is 108 cm³/mol. The summed E-state index contributed by atoms with van der Waals surface area (Å²) >= 11 is 0. The Bertz CT molecular complexity index is 990. The minimum atomic E-state index is 0.111. The Morgan fingerprint density at radius 1 is 1.04 bits per heavy atom. The number of likely N-dealkylation sites (N-methyl/N-ethyl adjacent to an activating group) is 1. The molecule has 2 aromatic carbocycles. The number of quaternary nitrogens is 2. The first-order valence-corrected chi connectivity index (χ1v) is 9.59. The van der Waals surface area contributed by atoms with Crippen molar-refractivity contribution in [2.75, 3.05) is 40.3 Å². The number of nitrogens with one attached hydrogen (secondary N) is 3. The SMILES string of the molecule is COc1ccc2[nH]c(-c3ccccc3)c(C[NH+]3CC[NH+](C)CC3)c(=O)c2c1. The molecule has 0 bridgehead atoms. The number of hydrogen-bond acceptors (Lipinski definition) is 2. The van der Waals surface area contributed by atoms with Crippen LogP contribution < -0.4 is 20.0 Å². The number of aromatic amines is 1. The lowest BCUT2D eigenvalue weighted by Gasteiger charge is -2.27. The van der Waals surface area contributed by atoms with Gasteiger partial charge in [0.25, 0.3) is 0 Å². The minimum Gasteiger partial charge on any atom is -0.497 e. The lowest BCUT2D eigenvalue weighted by Crippen LogP contribution is -3.26. The topological polar surface area (TPSA) is 51.0 Å². The molecule has 1 fully saturated rings.